The number of rotatable bonds is 5. The van der Waals surface area contributed by atoms with E-state index in [9.17, 15) is 9.59 Å². The van der Waals surface area contributed by atoms with Gasteiger partial charge in [-0.3, -0.25) is 9.59 Å². The van der Waals surface area contributed by atoms with Crippen LogP contribution in [0.25, 0.3) is 5.65 Å². The van der Waals surface area contributed by atoms with Crippen molar-refractivity contribution in [2.24, 2.45) is 11.1 Å². The summed E-state index contributed by atoms with van der Waals surface area (Å²) in [7, 11) is 0. The van der Waals surface area contributed by atoms with Gasteiger partial charge < -0.3 is 11.1 Å². The highest BCUT2D eigenvalue weighted by Gasteiger charge is 2.42. The van der Waals surface area contributed by atoms with Crippen LogP contribution in [0.1, 0.15) is 60.4 Å². The molecule has 122 valence electrons. The average Bonchev–Trinajstić information content (AvgIpc) is 2.94. The van der Waals surface area contributed by atoms with Gasteiger partial charge in [0.15, 0.2) is 5.65 Å². The highest BCUT2D eigenvalue weighted by atomic mass is 16.2. The molecule has 0 aromatic carbocycles. The van der Waals surface area contributed by atoms with E-state index in [0.29, 0.717) is 16.8 Å². The van der Waals surface area contributed by atoms with Crippen LogP contribution in [0.5, 0.6) is 0 Å². The fraction of sp³-hybridized carbons (Fsp3) is 0.500. The lowest BCUT2D eigenvalue weighted by atomic mass is 9.62. The minimum Gasteiger partial charge on any atom is -0.365 e. The summed E-state index contributed by atoms with van der Waals surface area (Å²) in [5.41, 5.74) is 6.52. The van der Waals surface area contributed by atoms with Crippen molar-refractivity contribution in [3.05, 3.63) is 29.7 Å². The van der Waals surface area contributed by atoms with E-state index in [0.717, 1.165) is 25.7 Å². The van der Waals surface area contributed by atoms with E-state index in [1.54, 1.807) is 6.07 Å². The number of aromatic nitrogens is 3. The number of amides is 2. The molecule has 1 saturated carbocycles. The summed E-state index contributed by atoms with van der Waals surface area (Å²) in [6.45, 7) is 4.39. The van der Waals surface area contributed by atoms with E-state index in [1.165, 1.54) is 16.9 Å². The molecule has 0 spiro atoms. The molecule has 2 amide bonds. The fourth-order valence-electron chi connectivity index (χ4n) is 3.41. The van der Waals surface area contributed by atoms with Gasteiger partial charge in [0, 0.05) is 12.2 Å². The van der Waals surface area contributed by atoms with Gasteiger partial charge in [-0.25, -0.2) is 9.50 Å². The minimum absolute atomic E-state index is 0.191. The highest BCUT2D eigenvalue weighted by molar-refractivity contribution is 5.99. The Hall–Kier alpha value is -2.44. The zero-order chi connectivity index (χ0) is 16.6. The molecule has 0 saturated heterocycles. The molecular weight excluding hydrogens is 294 g/mol. The predicted molar refractivity (Wildman–Crippen MR) is 85.0 cm³/mol. The quantitative estimate of drug-likeness (QED) is 0.873. The Kier molecular flexibility index (Phi) is 3.79. The summed E-state index contributed by atoms with van der Waals surface area (Å²) in [5.74, 6) is -0.818. The zero-order valence-corrected chi connectivity index (χ0v) is 13.4. The zero-order valence-electron chi connectivity index (χ0n) is 13.4. The third kappa shape index (κ3) is 2.56. The van der Waals surface area contributed by atoms with Crippen molar-refractivity contribution in [1.29, 1.82) is 0 Å². The lowest BCUT2D eigenvalue weighted by molar-refractivity contribution is 0.0601. The summed E-state index contributed by atoms with van der Waals surface area (Å²) in [6, 6.07) is 1.78. The molecule has 1 aliphatic carbocycles. The Labute approximate surface area is 134 Å². The van der Waals surface area contributed by atoms with Gasteiger partial charge in [0.2, 0.25) is 0 Å². The van der Waals surface area contributed by atoms with Crippen molar-refractivity contribution in [3.63, 3.8) is 0 Å². The molecule has 7 nitrogen and oxygen atoms in total. The Bertz CT molecular complexity index is 755. The molecule has 1 fully saturated rings. The Balaban J connectivity index is 1.79. The molecule has 0 atom stereocenters. The van der Waals surface area contributed by atoms with E-state index < -0.39 is 5.91 Å². The van der Waals surface area contributed by atoms with Crippen LogP contribution >= 0.6 is 0 Å². The first-order valence-electron chi connectivity index (χ1n) is 7.93. The summed E-state index contributed by atoms with van der Waals surface area (Å²) in [5, 5.41) is 7.11. The maximum Gasteiger partial charge on any atom is 0.270 e. The van der Waals surface area contributed by atoms with Crippen molar-refractivity contribution >= 4 is 17.5 Å². The molecule has 3 rings (SSSR count). The molecule has 0 aliphatic heterocycles. The monoisotopic (exact) mass is 315 g/mol. The second kappa shape index (κ2) is 5.64. The van der Waals surface area contributed by atoms with Gasteiger partial charge in [0.1, 0.15) is 11.3 Å². The van der Waals surface area contributed by atoms with Crippen molar-refractivity contribution in [2.45, 2.75) is 45.6 Å². The molecule has 3 N–H and O–H groups in total. The van der Waals surface area contributed by atoms with Crippen molar-refractivity contribution in [1.82, 2.24) is 19.9 Å². The number of fused-ring (bicyclic) bond motifs is 1. The number of primary amides is 1. The predicted octanol–water partition coefficient (Wildman–Crippen LogP) is 1.53. The van der Waals surface area contributed by atoms with Crippen LogP contribution in [0.3, 0.4) is 0 Å². The van der Waals surface area contributed by atoms with E-state index in [1.807, 2.05) is 0 Å². The van der Waals surface area contributed by atoms with Gasteiger partial charge >= 0.3 is 0 Å². The Morgan fingerprint density at radius 1 is 1.39 bits per heavy atom. The Morgan fingerprint density at radius 2 is 2.09 bits per heavy atom. The average molecular weight is 315 g/mol. The largest absolute Gasteiger partial charge is 0.365 e. The van der Waals surface area contributed by atoms with Gasteiger partial charge in [-0.2, -0.15) is 5.10 Å². The molecule has 0 unspecified atom stereocenters. The van der Waals surface area contributed by atoms with E-state index in [4.69, 9.17) is 5.73 Å². The molecular formula is C16H21N5O2. The SMILES string of the molecule is CCC1(CC)CC(NC(=O)c2ccnc3c(C(N)=O)cnn23)C1. The second-order valence-electron chi connectivity index (χ2n) is 6.27. The van der Waals surface area contributed by atoms with Crippen LogP contribution in [0.4, 0.5) is 0 Å². The number of nitrogens with zero attached hydrogens (tertiary/aromatic N) is 3. The standard InChI is InChI=1S/C16H21N5O2/c1-3-16(4-2)7-10(8-16)20-15(23)12-5-6-18-14-11(13(17)22)9-19-21(12)14/h5-6,9-10H,3-4,7-8H2,1-2H3,(H2,17,22)(H,20,23). The highest BCUT2D eigenvalue weighted by Crippen LogP contribution is 2.46. The lowest BCUT2D eigenvalue weighted by Crippen LogP contribution is -2.50. The summed E-state index contributed by atoms with van der Waals surface area (Å²) in [6.07, 6.45) is 7.11. The van der Waals surface area contributed by atoms with E-state index >= 15 is 0 Å². The number of carbonyl (C=O) groups excluding carboxylic acids is 2. The first-order chi connectivity index (χ1) is 11.0. The van der Waals surface area contributed by atoms with Gasteiger partial charge in [-0.1, -0.05) is 26.7 Å². The topological polar surface area (TPSA) is 102 Å². The Morgan fingerprint density at radius 3 is 2.70 bits per heavy atom. The van der Waals surface area contributed by atoms with E-state index in [2.05, 4.69) is 29.2 Å². The molecule has 7 heteroatoms. The van der Waals surface area contributed by atoms with Crippen molar-refractivity contribution in [2.75, 3.05) is 0 Å². The number of carbonyl (C=O) groups is 2. The number of hydrogen-bond donors (Lipinski definition) is 2. The van der Waals surface area contributed by atoms with Gasteiger partial charge in [-0.05, 0) is 24.3 Å². The second-order valence-corrected chi connectivity index (χ2v) is 6.27. The smallest absolute Gasteiger partial charge is 0.270 e. The van der Waals surface area contributed by atoms with Gasteiger partial charge in [-0.15, -0.1) is 0 Å². The minimum atomic E-state index is -0.611. The van der Waals surface area contributed by atoms with Crippen LogP contribution in [0.2, 0.25) is 0 Å². The summed E-state index contributed by atoms with van der Waals surface area (Å²) >= 11 is 0. The molecule has 1 aliphatic rings. The third-order valence-electron chi connectivity index (χ3n) is 5.09. The molecule has 23 heavy (non-hydrogen) atoms. The van der Waals surface area contributed by atoms with Gasteiger partial charge in [0.25, 0.3) is 11.8 Å². The van der Waals surface area contributed by atoms with Crippen LogP contribution in [-0.2, 0) is 0 Å². The summed E-state index contributed by atoms with van der Waals surface area (Å²) in [4.78, 5) is 28.0. The molecule has 2 aromatic rings. The number of nitrogens with two attached hydrogens (primary N) is 1. The van der Waals surface area contributed by atoms with Crippen LogP contribution in [-0.4, -0.2) is 32.5 Å². The fourth-order valence-corrected chi connectivity index (χ4v) is 3.41. The van der Waals surface area contributed by atoms with Crippen LogP contribution in [0, 0.1) is 5.41 Å². The first-order valence-corrected chi connectivity index (χ1v) is 7.93. The van der Waals surface area contributed by atoms with E-state index in [-0.39, 0.29) is 17.5 Å². The number of hydrogen-bond acceptors (Lipinski definition) is 4. The normalized spacial score (nSPS) is 17.0. The number of nitrogens with one attached hydrogen (secondary N) is 1. The van der Waals surface area contributed by atoms with Crippen molar-refractivity contribution < 1.29 is 9.59 Å². The maximum atomic E-state index is 12.5. The van der Waals surface area contributed by atoms with Crippen LogP contribution in [0.15, 0.2) is 18.5 Å². The van der Waals surface area contributed by atoms with Gasteiger partial charge in [0.05, 0.1) is 6.20 Å². The maximum absolute atomic E-state index is 12.5. The summed E-state index contributed by atoms with van der Waals surface area (Å²) < 4.78 is 1.36. The first kappa shape index (κ1) is 15.5. The third-order valence-corrected chi connectivity index (χ3v) is 5.09. The molecule has 2 heterocycles. The molecule has 0 bridgehead atoms. The van der Waals surface area contributed by atoms with Crippen LogP contribution < -0.4 is 11.1 Å². The van der Waals surface area contributed by atoms with Crippen molar-refractivity contribution in [3.8, 4) is 0 Å². The lowest BCUT2D eigenvalue weighted by Gasteiger charge is -2.47. The molecule has 2 aromatic heterocycles. The molecule has 0 radical (unpaired) electrons.